The Bertz CT molecular complexity index is 369. The molecule has 1 aromatic carbocycles. The molecule has 0 spiro atoms. The molecule has 0 aliphatic rings. The van der Waals surface area contributed by atoms with Gasteiger partial charge < -0.3 is 16.2 Å². The SMILES string of the molecule is CC(C)(C)OC(N)=O.Nc1c(Cl)cccc1Cl. The summed E-state index contributed by atoms with van der Waals surface area (Å²) >= 11 is 11.2. The van der Waals surface area contributed by atoms with Crippen LogP contribution in [0.5, 0.6) is 0 Å². The molecule has 4 nitrogen and oxygen atoms in total. The van der Waals surface area contributed by atoms with E-state index in [0.717, 1.165) is 0 Å². The number of rotatable bonds is 0. The molecule has 1 aromatic rings. The van der Waals surface area contributed by atoms with Gasteiger partial charge in [0.1, 0.15) is 5.60 Å². The second-order valence-electron chi connectivity index (χ2n) is 4.17. The average molecular weight is 279 g/mol. The van der Waals surface area contributed by atoms with Gasteiger partial charge in [-0.3, -0.25) is 0 Å². The number of carbonyl (C=O) groups excluding carboxylic acids is 1. The average Bonchev–Trinajstić information content (AvgIpc) is 2.11. The first-order valence-corrected chi connectivity index (χ1v) is 5.57. The molecule has 6 heteroatoms. The molecule has 0 atom stereocenters. The Kier molecular flexibility index (Phi) is 6.13. The first-order chi connectivity index (χ1) is 7.63. The monoisotopic (exact) mass is 278 g/mol. The molecular formula is C11H16Cl2N2O2. The fraction of sp³-hybridized carbons (Fsp3) is 0.364. The van der Waals surface area contributed by atoms with Crippen LogP contribution in [0.15, 0.2) is 18.2 Å². The summed E-state index contributed by atoms with van der Waals surface area (Å²) in [5, 5.41) is 1.00. The summed E-state index contributed by atoms with van der Waals surface area (Å²) < 4.78 is 4.58. The number of halogens is 2. The van der Waals surface area contributed by atoms with E-state index >= 15 is 0 Å². The molecule has 0 saturated heterocycles. The highest BCUT2D eigenvalue weighted by molar-refractivity contribution is 6.38. The normalized spacial score (nSPS) is 10.2. The van der Waals surface area contributed by atoms with Crippen molar-refractivity contribution >= 4 is 35.0 Å². The molecule has 0 fully saturated rings. The molecule has 0 aliphatic carbocycles. The standard InChI is InChI=1S/C6H5Cl2N.C5H11NO2/c7-4-2-1-3-5(8)6(4)9;1-5(2,3)8-4(6)7/h1-3H,9H2;1-3H3,(H2,6,7). The quantitative estimate of drug-likeness (QED) is 0.714. The van der Waals surface area contributed by atoms with Gasteiger partial charge in [-0.2, -0.15) is 0 Å². The van der Waals surface area contributed by atoms with Crippen molar-refractivity contribution in [3.63, 3.8) is 0 Å². The number of primary amides is 1. The molecule has 0 unspecified atom stereocenters. The highest BCUT2D eigenvalue weighted by Gasteiger charge is 2.12. The number of benzene rings is 1. The van der Waals surface area contributed by atoms with E-state index in [2.05, 4.69) is 4.74 Å². The van der Waals surface area contributed by atoms with Crippen molar-refractivity contribution in [3.05, 3.63) is 28.2 Å². The van der Waals surface area contributed by atoms with Crippen molar-refractivity contribution in [2.75, 3.05) is 5.73 Å². The fourth-order valence-corrected chi connectivity index (χ4v) is 1.21. The zero-order valence-electron chi connectivity index (χ0n) is 9.96. The van der Waals surface area contributed by atoms with Gasteiger partial charge in [-0.05, 0) is 32.9 Å². The van der Waals surface area contributed by atoms with Crippen molar-refractivity contribution in [1.82, 2.24) is 0 Å². The van der Waals surface area contributed by atoms with Crippen LogP contribution in [0.25, 0.3) is 0 Å². The third-order valence-electron chi connectivity index (χ3n) is 1.41. The lowest BCUT2D eigenvalue weighted by atomic mass is 10.2. The number of hydrogen-bond acceptors (Lipinski definition) is 3. The summed E-state index contributed by atoms with van der Waals surface area (Å²) in [5.74, 6) is 0. The number of amides is 1. The lowest BCUT2D eigenvalue weighted by molar-refractivity contribution is 0.0600. The lowest BCUT2D eigenvalue weighted by Gasteiger charge is -2.16. The number of anilines is 1. The van der Waals surface area contributed by atoms with Crippen LogP contribution in [-0.4, -0.2) is 11.7 Å². The van der Waals surface area contributed by atoms with Crippen molar-refractivity contribution < 1.29 is 9.53 Å². The highest BCUT2D eigenvalue weighted by Crippen LogP contribution is 2.25. The van der Waals surface area contributed by atoms with E-state index in [1.165, 1.54) is 0 Å². The van der Waals surface area contributed by atoms with E-state index in [0.29, 0.717) is 15.7 Å². The molecule has 1 amide bonds. The number of ether oxygens (including phenoxy) is 1. The summed E-state index contributed by atoms with van der Waals surface area (Å²) in [5.41, 5.74) is 10.1. The Labute approximate surface area is 111 Å². The Balaban J connectivity index is 0.000000304. The van der Waals surface area contributed by atoms with Gasteiger partial charge in [0.25, 0.3) is 0 Å². The molecular weight excluding hydrogens is 263 g/mol. The van der Waals surface area contributed by atoms with Crippen molar-refractivity contribution in [2.24, 2.45) is 5.73 Å². The van der Waals surface area contributed by atoms with E-state index in [1.54, 1.807) is 39.0 Å². The van der Waals surface area contributed by atoms with Crippen LogP contribution in [-0.2, 0) is 4.74 Å². The van der Waals surface area contributed by atoms with E-state index in [-0.39, 0.29) is 0 Å². The molecule has 1 rings (SSSR count). The molecule has 0 bridgehead atoms. The molecule has 0 aliphatic heterocycles. The number of hydrogen-bond donors (Lipinski definition) is 2. The number of nitrogens with two attached hydrogens (primary N) is 2. The van der Waals surface area contributed by atoms with E-state index in [9.17, 15) is 4.79 Å². The van der Waals surface area contributed by atoms with Gasteiger partial charge in [0, 0.05) is 0 Å². The van der Waals surface area contributed by atoms with Crippen molar-refractivity contribution in [2.45, 2.75) is 26.4 Å². The van der Waals surface area contributed by atoms with E-state index in [4.69, 9.17) is 34.7 Å². The number of para-hydroxylation sites is 1. The minimum Gasteiger partial charge on any atom is -0.444 e. The predicted molar refractivity (Wildman–Crippen MR) is 71.3 cm³/mol. The maximum absolute atomic E-state index is 10.0. The largest absolute Gasteiger partial charge is 0.444 e. The van der Waals surface area contributed by atoms with Crippen LogP contribution in [0.1, 0.15) is 20.8 Å². The summed E-state index contributed by atoms with van der Waals surface area (Å²) in [6.45, 7) is 5.28. The van der Waals surface area contributed by atoms with Crippen LogP contribution >= 0.6 is 23.2 Å². The van der Waals surface area contributed by atoms with Gasteiger partial charge in [0.2, 0.25) is 0 Å². The van der Waals surface area contributed by atoms with Crippen LogP contribution in [0.4, 0.5) is 10.5 Å². The van der Waals surface area contributed by atoms with E-state index < -0.39 is 11.7 Å². The second kappa shape index (κ2) is 6.57. The molecule has 96 valence electrons. The number of carbonyl (C=O) groups is 1. The predicted octanol–water partition coefficient (Wildman–Crippen LogP) is 3.46. The molecule has 0 heterocycles. The van der Waals surface area contributed by atoms with Gasteiger partial charge in [0.15, 0.2) is 0 Å². The zero-order chi connectivity index (χ0) is 13.6. The van der Waals surface area contributed by atoms with Crippen LogP contribution in [0, 0.1) is 0 Å². The van der Waals surface area contributed by atoms with Crippen molar-refractivity contribution in [1.29, 1.82) is 0 Å². The fourth-order valence-electron chi connectivity index (χ4n) is 0.812. The van der Waals surface area contributed by atoms with Gasteiger partial charge in [-0.15, -0.1) is 0 Å². The maximum atomic E-state index is 10.0. The Hall–Kier alpha value is -1.13. The molecule has 17 heavy (non-hydrogen) atoms. The Morgan fingerprint density at radius 3 is 1.82 bits per heavy atom. The van der Waals surface area contributed by atoms with Crippen LogP contribution < -0.4 is 11.5 Å². The minimum absolute atomic E-state index is 0.445. The van der Waals surface area contributed by atoms with Gasteiger partial charge >= 0.3 is 6.09 Å². The third kappa shape index (κ3) is 7.71. The van der Waals surface area contributed by atoms with Gasteiger partial charge in [-0.25, -0.2) is 4.79 Å². The zero-order valence-corrected chi connectivity index (χ0v) is 11.5. The van der Waals surface area contributed by atoms with Crippen LogP contribution in [0.2, 0.25) is 10.0 Å². The maximum Gasteiger partial charge on any atom is 0.405 e. The number of nitrogen functional groups attached to an aromatic ring is 1. The van der Waals surface area contributed by atoms with Gasteiger partial charge in [-0.1, -0.05) is 29.3 Å². The minimum atomic E-state index is -0.725. The first-order valence-electron chi connectivity index (χ1n) is 4.81. The summed E-state index contributed by atoms with van der Waals surface area (Å²) in [6, 6.07) is 5.15. The Morgan fingerprint density at radius 2 is 1.65 bits per heavy atom. The molecule has 0 radical (unpaired) electrons. The summed E-state index contributed by atoms with van der Waals surface area (Å²) in [4.78, 5) is 10.0. The summed E-state index contributed by atoms with van der Waals surface area (Å²) in [7, 11) is 0. The van der Waals surface area contributed by atoms with E-state index in [1.807, 2.05) is 0 Å². The third-order valence-corrected chi connectivity index (χ3v) is 2.07. The molecule has 4 N–H and O–H groups in total. The van der Waals surface area contributed by atoms with Crippen molar-refractivity contribution in [3.8, 4) is 0 Å². The smallest absolute Gasteiger partial charge is 0.405 e. The van der Waals surface area contributed by atoms with Gasteiger partial charge in [0.05, 0.1) is 15.7 Å². The summed E-state index contributed by atoms with van der Waals surface area (Å²) in [6.07, 6.45) is -0.725. The lowest BCUT2D eigenvalue weighted by Crippen LogP contribution is -2.27. The Morgan fingerprint density at radius 1 is 1.24 bits per heavy atom. The molecule has 0 saturated carbocycles. The molecule has 0 aromatic heterocycles. The van der Waals surface area contributed by atoms with Crippen LogP contribution in [0.3, 0.4) is 0 Å². The topological polar surface area (TPSA) is 78.3 Å². The second-order valence-corrected chi connectivity index (χ2v) is 4.98. The first kappa shape index (κ1) is 15.9. The highest BCUT2D eigenvalue weighted by atomic mass is 35.5.